The molecule has 0 aromatic carbocycles. The molecule has 0 aromatic heterocycles. The first kappa shape index (κ1) is 11.2. The summed E-state index contributed by atoms with van der Waals surface area (Å²) in [4.78, 5) is 0. The van der Waals surface area contributed by atoms with Crippen LogP contribution in [0.5, 0.6) is 0 Å². The van der Waals surface area contributed by atoms with Gasteiger partial charge in [0.05, 0.1) is 6.61 Å². The molecule has 0 N–H and O–H groups in total. The average Bonchev–Trinajstić information content (AvgIpc) is 1.88. The van der Waals surface area contributed by atoms with Crippen molar-refractivity contribution in [2.75, 3.05) is 19.9 Å². The molecule has 0 rings (SSSR count). The molecule has 0 aliphatic rings. The molecular weight excluding hydrogens is 163 g/mol. The SMILES string of the molecule is CCOC(C)P(C)(=O)OCC. The fourth-order valence-electron chi connectivity index (χ4n) is 0.738. The topological polar surface area (TPSA) is 35.5 Å². The fourth-order valence-corrected chi connectivity index (χ4v) is 1.88. The second-order valence-electron chi connectivity index (χ2n) is 2.38. The Balaban J connectivity index is 3.95. The summed E-state index contributed by atoms with van der Waals surface area (Å²) >= 11 is 0. The molecule has 0 fully saturated rings. The first-order valence-electron chi connectivity index (χ1n) is 3.88. The molecule has 0 amide bonds. The van der Waals surface area contributed by atoms with Gasteiger partial charge in [-0.05, 0) is 20.8 Å². The van der Waals surface area contributed by atoms with E-state index in [4.69, 9.17) is 9.26 Å². The first-order chi connectivity index (χ1) is 5.04. The lowest BCUT2D eigenvalue weighted by atomic mass is 10.8. The summed E-state index contributed by atoms with van der Waals surface area (Å²) in [6, 6.07) is 0. The minimum atomic E-state index is -2.52. The molecule has 0 aliphatic carbocycles. The highest BCUT2D eigenvalue weighted by molar-refractivity contribution is 7.58. The van der Waals surface area contributed by atoms with Crippen molar-refractivity contribution in [1.82, 2.24) is 0 Å². The van der Waals surface area contributed by atoms with Gasteiger partial charge in [0, 0.05) is 13.3 Å². The molecule has 68 valence electrons. The lowest BCUT2D eigenvalue weighted by Crippen LogP contribution is -2.10. The normalized spacial score (nSPS) is 19.3. The summed E-state index contributed by atoms with van der Waals surface area (Å²) in [6.45, 7) is 8.14. The highest BCUT2D eigenvalue weighted by Gasteiger charge is 2.24. The van der Waals surface area contributed by atoms with Crippen LogP contribution in [0.3, 0.4) is 0 Å². The van der Waals surface area contributed by atoms with E-state index in [0.29, 0.717) is 13.2 Å². The zero-order valence-electron chi connectivity index (χ0n) is 7.66. The Morgan fingerprint density at radius 1 is 1.36 bits per heavy atom. The van der Waals surface area contributed by atoms with E-state index in [-0.39, 0.29) is 5.85 Å². The van der Waals surface area contributed by atoms with Gasteiger partial charge in [-0.25, -0.2) is 0 Å². The van der Waals surface area contributed by atoms with Crippen LogP contribution in [-0.2, 0) is 13.8 Å². The molecule has 11 heavy (non-hydrogen) atoms. The van der Waals surface area contributed by atoms with E-state index in [2.05, 4.69) is 0 Å². The Morgan fingerprint density at radius 3 is 2.27 bits per heavy atom. The van der Waals surface area contributed by atoms with E-state index in [1.54, 1.807) is 13.6 Å². The molecule has 0 bridgehead atoms. The van der Waals surface area contributed by atoms with Crippen LogP contribution in [0.1, 0.15) is 20.8 Å². The Morgan fingerprint density at radius 2 is 1.91 bits per heavy atom. The average molecular weight is 180 g/mol. The van der Waals surface area contributed by atoms with Crippen molar-refractivity contribution in [2.45, 2.75) is 26.6 Å². The van der Waals surface area contributed by atoms with Crippen LogP contribution in [0, 0.1) is 0 Å². The van der Waals surface area contributed by atoms with Crippen LogP contribution in [0.4, 0.5) is 0 Å². The highest BCUT2D eigenvalue weighted by atomic mass is 31.2. The van der Waals surface area contributed by atoms with E-state index in [0.717, 1.165) is 0 Å². The van der Waals surface area contributed by atoms with Gasteiger partial charge in [-0.2, -0.15) is 0 Å². The summed E-state index contributed by atoms with van der Waals surface area (Å²) in [5.41, 5.74) is 0. The van der Waals surface area contributed by atoms with Crippen molar-refractivity contribution < 1.29 is 13.8 Å². The van der Waals surface area contributed by atoms with Crippen LogP contribution in [0.15, 0.2) is 0 Å². The van der Waals surface area contributed by atoms with Gasteiger partial charge < -0.3 is 9.26 Å². The van der Waals surface area contributed by atoms with E-state index in [1.165, 1.54) is 0 Å². The summed E-state index contributed by atoms with van der Waals surface area (Å²) in [6.07, 6.45) is 0. The highest BCUT2D eigenvalue weighted by Crippen LogP contribution is 2.47. The third-order valence-corrected chi connectivity index (χ3v) is 3.69. The van der Waals surface area contributed by atoms with Crippen LogP contribution in [0.25, 0.3) is 0 Å². The molecule has 2 unspecified atom stereocenters. The Kier molecular flexibility index (Phi) is 4.98. The molecule has 0 saturated heterocycles. The van der Waals surface area contributed by atoms with Crippen LogP contribution >= 0.6 is 7.37 Å². The molecule has 2 atom stereocenters. The summed E-state index contributed by atoms with van der Waals surface area (Å²) in [5, 5.41) is 0. The quantitative estimate of drug-likeness (QED) is 0.609. The molecule has 0 aliphatic heterocycles. The fraction of sp³-hybridized carbons (Fsp3) is 1.00. The van der Waals surface area contributed by atoms with Crippen molar-refractivity contribution >= 4 is 7.37 Å². The standard InChI is InChI=1S/C7H17O3P/c1-5-9-7(3)11(4,8)10-6-2/h7H,5-6H2,1-4H3. The molecule has 3 nitrogen and oxygen atoms in total. The van der Waals surface area contributed by atoms with Crippen molar-refractivity contribution in [3.8, 4) is 0 Å². The van der Waals surface area contributed by atoms with E-state index >= 15 is 0 Å². The molecule has 0 saturated carbocycles. The first-order valence-corrected chi connectivity index (χ1v) is 6.02. The lowest BCUT2D eigenvalue weighted by Gasteiger charge is -2.19. The molecular formula is C7H17O3P. The van der Waals surface area contributed by atoms with Crippen molar-refractivity contribution in [2.24, 2.45) is 0 Å². The number of rotatable bonds is 5. The third-order valence-electron chi connectivity index (χ3n) is 1.45. The van der Waals surface area contributed by atoms with Gasteiger partial charge in [-0.3, -0.25) is 4.57 Å². The van der Waals surface area contributed by atoms with Crippen LogP contribution < -0.4 is 0 Å². The minimum absolute atomic E-state index is 0.285. The second kappa shape index (κ2) is 4.91. The van der Waals surface area contributed by atoms with Gasteiger partial charge in [0.15, 0.2) is 0 Å². The summed E-state index contributed by atoms with van der Waals surface area (Å²) < 4.78 is 21.8. The third kappa shape index (κ3) is 3.90. The van der Waals surface area contributed by atoms with Gasteiger partial charge in [0.25, 0.3) is 0 Å². The molecule has 0 radical (unpaired) electrons. The zero-order chi connectivity index (χ0) is 8.91. The van der Waals surface area contributed by atoms with Crippen molar-refractivity contribution in [3.63, 3.8) is 0 Å². The Hall–Kier alpha value is 0.150. The summed E-state index contributed by atoms with van der Waals surface area (Å²) in [7, 11) is -2.52. The lowest BCUT2D eigenvalue weighted by molar-refractivity contribution is 0.115. The molecule has 0 aromatic rings. The van der Waals surface area contributed by atoms with E-state index in [9.17, 15) is 4.57 Å². The van der Waals surface area contributed by atoms with Crippen LogP contribution in [0.2, 0.25) is 0 Å². The predicted molar refractivity (Wildman–Crippen MR) is 46.2 cm³/mol. The largest absolute Gasteiger partial charge is 0.369 e. The smallest absolute Gasteiger partial charge is 0.227 e. The van der Waals surface area contributed by atoms with Gasteiger partial charge in [0.1, 0.15) is 5.85 Å². The number of ether oxygens (including phenoxy) is 1. The van der Waals surface area contributed by atoms with Gasteiger partial charge in [0.2, 0.25) is 7.37 Å². The molecule has 0 heterocycles. The number of hydrogen-bond acceptors (Lipinski definition) is 3. The van der Waals surface area contributed by atoms with Gasteiger partial charge in [-0.1, -0.05) is 0 Å². The Labute approximate surface area is 68.5 Å². The molecule has 4 heteroatoms. The second-order valence-corrected chi connectivity index (χ2v) is 5.18. The van der Waals surface area contributed by atoms with Crippen LogP contribution in [-0.4, -0.2) is 25.7 Å². The minimum Gasteiger partial charge on any atom is -0.369 e. The van der Waals surface area contributed by atoms with E-state index in [1.807, 2.05) is 13.8 Å². The maximum absolute atomic E-state index is 11.6. The van der Waals surface area contributed by atoms with Crippen molar-refractivity contribution in [1.29, 1.82) is 0 Å². The van der Waals surface area contributed by atoms with Gasteiger partial charge in [-0.15, -0.1) is 0 Å². The van der Waals surface area contributed by atoms with Gasteiger partial charge >= 0.3 is 0 Å². The maximum atomic E-state index is 11.6. The monoisotopic (exact) mass is 180 g/mol. The zero-order valence-corrected chi connectivity index (χ0v) is 8.56. The Bertz CT molecular complexity index is 147. The maximum Gasteiger partial charge on any atom is 0.227 e. The van der Waals surface area contributed by atoms with Crippen molar-refractivity contribution in [3.05, 3.63) is 0 Å². The predicted octanol–water partition coefficient (Wildman–Crippen LogP) is 2.31. The molecule has 0 spiro atoms. The summed E-state index contributed by atoms with van der Waals surface area (Å²) in [5.74, 6) is -0.285. The number of hydrogen-bond donors (Lipinski definition) is 0. The van der Waals surface area contributed by atoms with E-state index < -0.39 is 7.37 Å².